The molecule has 0 aliphatic carbocycles. The van der Waals surface area contributed by atoms with Gasteiger partial charge in [-0.3, -0.25) is 0 Å². The molecule has 0 aliphatic heterocycles. The third kappa shape index (κ3) is 3.33. The van der Waals surface area contributed by atoms with E-state index in [1.54, 1.807) is 30.5 Å². The Morgan fingerprint density at radius 2 is 1.73 bits per heavy atom. The maximum Gasteiger partial charge on any atom is 0.346 e. The Morgan fingerprint density at radius 1 is 1.03 bits per heavy atom. The maximum atomic E-state index is 13.6. The number of nitrogens with zero attached hydrogens (tertiary/aromatic N) is 2. The number of hydrogen-bond acceptors (Lipinski definition) is 4. The van der Waals surface area contributed by atoms with Crippen LogP contribution in [-0.2, 0) is 11.2 Å². The van der Waals surface area contributed by atoms with E-state index in [2.05, 4.69) is 0 Å². The van der Waals surface area contributed by atoms with Gasteiger partial charge in [0.1, 0.15) is 5.69 Å². The minimum Gasteiger partial charge on any atom is -0.842 e. The molecular formula is C24H20N2O4. The van der Waals surface area contributed by atoms with Crippen LogP contribution in [0.2, 0.25) is 0 Å². The number of carbonyl (C=O) groups excluding carboxylic acids is 1. The molecule has 0 spiro atoms. The van der Waals surface area contributed by atoms with Gasteiger partial charge in [-0.2, -0.15) is 4.57 Å². The molecular weight excluding hydrogens is 380 g/mol. The fourth-order valence-electron chi connectivity index (χ4n) is 3.51. The first-order chi connectivity index (χ1) is 14.5. The normalized spacial score (nSPS) is 10.9. The Labute approximate surface area is 173 Å². The Morgan fingerprint density at radius 3 is 2.40 bits per heavy atom. The molecule has 0 saturated carbocycles. The number of esters is 1. The lowest BCUT2D eigenvalue weighted by atomic mass is 10.1. The lowest BCUT2D eigenvalue weighted by Gasteiger charge is -2.16. The van der Waals surface area contributed by atoms with Crippen molar-refractivity contribution in [1.82, 2.24) is 4.57 Å². The molecule has 0 unspecified atom stereocenters. The number of fused-ring (bicyclic) bond motifs is 1. The zero-order chi connectivity index (χ0) is 21.3. The summed E-state index contributed by atoms with van der Waals surface area (Å²) in [5.74, 6) is -1.07. The smallest absolute Gasteiger partial charge is 0.346 e. The molecule has 0 atom stereocenters. The van der Waals surface area contributed by atoms with Crippen LogP contribution in [0.1, 0.15) is 27.0 Å². The van der Waals surface area contributed by atoms with Crippen molar-refractivity contribution in [3.63, 3.8) is 0 Å². The third-order valence-electron chi connectivity index (χ3n) is 5.04. The minimum atomic E-state index is -0.622. The van der Waals surface area contributed by atoms with Gasteiger partial charge < -0.3 is 9.84 Å². The van der Waals surface area contributed by atoms with Crippen LogP contribution in [0.5, 0.6) is 5.88 Å². The molecule has 0 radical (unpaired) electrons. The number of aromatic nitrogens is 2. The van der Waals surface area contributed by atoms with Gasteiger partial charge in [-0.15, -0.1) is 0 Å². The summed E-state index contributed by atoms with van der Waals surface area (Å²) >= 11 is 0. The van der Waals surface area contributed by atoms with Crippen LogP contribution in [0.4, 0.5) is 0 Å². The number of rotatable bonds is 4. The highest BCUT2D eigenvalue weighted by molar-refractivity contribution is 5.95. The van der Waals surface area contributed by atoms with Gasteiger partial charge in [0.2, 0.25) is 0 Å². The molecule has 0 fully saturated rings. The summed E-state index contributed by atoms with van der Waals surface area (Å²) in [6, 6.07) is 19.8. The van der Waals surface area contributed by atoms with Crippen LogP contribution in [0.25, 0.3) is 11.3 Å². The van der Waals surface area contributed by atoms with Gasteiger partial charge in [0.05, 0.1) is 24.8 Å². The lowest BCUT2D eigenvalue weighted by molar-refractivity contribution is -0.588. The van der Waals surface area contributed by atoms with Crippen LogP contribution < -0.4 is 15.1 Å². The zero-order valence-corrected chi connectivity index (χ0v) is 16.7. The van der Waals surface area contributed by atoms with Crippen molar-refractivity contribution in [3.05, 3.63) is 106 Å². The molecule has 4 rings (SSSR count). The molecule has 6 heteroatoms. The maximum absolute atomic E-state index is 13.6. The molecule has 2 heterocycles. The summed E-state index contributed by atoms with van der Waals surface area (Å²) in [4.78, 5) is 26.0. The number of methoxy groups -OCH3 is 1. The number of ether oxygens (including phenoxy) is 1. The van der Waals surface area contributed by atoms with Crippen molar-refractivity contribution >= 4 is 11.6 Å². The highest BCUT2D eigenvalue weighted by Gasteiger charge is 2.26. The first kappa shape index (κ1) is 19.4. The zero-order valence-electron chi connectivity index (χ0n) is 16.7. The predicted octanol–water partition coefficient (Wildman–Crippen LogP) is 2.34. The van der Waals surface area contributed by atoms with Crippen molar-refractivity contribution in [3.8, 4) is 11.6 Å². The first-order valence-corrected chi connectivity index (χ1v) is 9.50. The fraction of sp³-hybridized carbons (Fsp3) is 0.125. The summed E-state index contributed by atoms with van der Waals surface area (Å²) in [5, 5.41) is 13.3. The molecule has 150 valence electrons. The Bertz CT molecular complexity index is 1290. The molecule has 0 N–H and O–H groups in total. The van der Waals surface area contributed by atoms with Crippen LogP contribution >= 0.6 is 0 Å². The van der Waals surface area contributed by atoms with E-state index in [4.69, 9.17) is 4.74 Å². The van der Waals surface area contributed by atoms with Crippen LogP contribution in [0.3, 0.4) is 0 Å². The van der Waals surface area contributed by atoms with Gasteiger partial charge >= 0.3 is 17.2 Å². The highest BCUT2D eigenvalue weighted by atomic mass is 16.5. The second kappa shape index (κ2) is 7.83. The molecule has 2 aromatic carbocycles. The average Bonchev–Trinajstić information content (AvgIpc) is 2.78. The van der Waals surface area contributed by atoms with Crippen molar-refractivity contribution < 1.29 is 19.0 Å². The van der Waals surface area contributed by atoms with Crippen molar-refractivity contribution in [2.75, 3.05) is 7.11 Å². The molecule has 6 nitrogen and oxygen atoms in total. The van der Waals surface area contributed by atoms with E-state index in [-0.39, 0.29) is 23.2 Å². The van der Waals surface area contributed by atoms with E-state index in [1.807, 2.05) is 49.4 Å². The van der Waals surface area contributed by atoms with Crippen molar-refractivity contribution in [1.29, 1.82) is 0 Å². The monoisotopic (exact) mass is 400 g/mol. The molecule has 0 aliphatic rings. The van der Waals surface area contributed by atoms with Crippen LogP contribution in [-0.4, -0.2) is 17.6 Å². The number of benzene rings is 2. The van der Waals surface area contributed by atoms with Gasteiger partial charge in [0.15, 0.2) is 5.56 Å². The number of hydrogen-bond donors (Lipinski definition) is 0. The molecule has 0 saturated heterocycles. The number of aryl methyl sites for hydroxylation is 1. The van der Waals surface area contributed by atoms with E-state index in [9.17, 15) is 14.7 Å². The average molecular weight is 400 g/mol. The Hall–Kier alpha value is -3.93. The Kier molecular flexibility index (Phi) is 5.06. The minimum absolute atomic E-state index is 0.126. The van der Waals surface area contributed by atoms with E-state index in [1.165, 1.54) is 16.1 Å². The molecule has 4 aromatic rings. The standard InChI is InChI=1S/C24H20N2O4/c1-16-10-12-18(13-11-16)26-21-19(24(29)30-2)9-6-14-25(21)22(27)20(23(26)28)15-17-7-4-3-5-8-17/h3-14H,15H2,1-2H3. The summed E-state index contributed by atoms with van der Waals surface area (Å²) in [5.41, 5.74) is 2.44. The quantitative estimate of drug-likeness (QED) is 0.389. The van der Waals surface area contributed by atoms with Gasteiger partial charge in [0, 0.05) is 6.42 Å². The second-order valence-electron chi connectivity index (χ2n) is 7.03. The second-order valence-corrected chi connectivity index (χ2v) is 7.03. The first-order valence-electron chi connectivity index (χ1n) is 9.50. The summed E-state index contributed by atoms with van der Waals surface area (Å²) in [6.07, 6.45) is 1.75. The van der Waals surface area contributed by atoms with Gasteiger partial charge in [-0.1, -0.05) is 48.0 Å². The largest absolute Gasteiger partial charge is 0.842 e. The van der Waals surface area contributed by atoms with E-state index in [0.717, 1.165) is 11.1 Å². The van der Waals surface area contributed by atoms with E-state index < -0.39 is 17.4 Å². The summed E-state index contributed by atoms with van der Waals surface area (Å²) in [7, 11) is 1.27. The SMILES string of the molecule is COC(=O)c1ccc[n+]2c([O-])c(Cc3ccccc3)c(=O)n(-c3ccc(C)cc3)c12. The van der Waals surface area contributed by atoms with Gasteiger partial charge in [-0.25, -0.2) is 14.0 Å². The fourth-order valence-corrected chi connectivity index (χ4v) is 3.51. The summed E-state index contributed by atoms with van der Waals surface area (Å²) in [6.45, 7) is 1.95. The molecule has 2 aromatic heterocycles. The Balaban J connectivity index is 2.10. The number of pyridine rings is 1. The van der Waals surface area contributed by atoms with Crippen LogP contribution in [0.15, 0.2) is 77.7 Å². The predicted molar refractivity (Wildman–Crippen MR) is 110 cm³/mol. The van der Waals surface area contributed by atoms with Crippen LogP contribution in [0, 0.1) is 6.92 Å². The highest BCUT2D eigenvalue weighted by Crippen LogP contribution is 2.19. The van der Waals surface area contributed by atoms with Gasteiger partial charge in [0.25, 0.3) is 0 Å². The molecule has 30 heavy (non-hydrogen) atoms. The lowest BCUT2D eigenvalue weighted by Crippen LogP contribution is -2.40. The van der Waals surface area contributed by atoms with E-state index in [0.29, 0.717) is 5.69 Å². The number of carbonyl (C=O) groups is 1. The van der Waals surface area contributed by atoms with Crippen molar-refractivity contribution in [2.45, 2.75) is 13.3 Å². The molecule has 0 amide bonds. The summed E-state index contributed by atoms with van der Waals surface area (Å²) < 4.78 is 7.64. The topological polar surface area (TPSA) is 75.5 Å². The third-order valence-corrected chi connectivity index (χ3v) is 5.04. The van der Waals surface area contributed by atoms with E-state index >= 15 is 0 Å². The van der Waals surface area contributed by atoms with Gasteiger partial charge in [-0.05, 0) is 36.8 Å². The molecule has 0 bridgehead atoms. The van der Waals surface area contributed by atoms with Crippen molar-refractivity contribution in [2.24, 2.45) is 0 Å².